The predicted molar refractivity (Wildman–Crippen MR) is 99.9 cm³/mol. The number of methoxy groups -OCH3 is 1. The maximum Gasteiger partial charge on any atom is 0.257 e. The van der Waals surface area contributed by atoms with Gasteiger partial charge in [-0.1, -0.05) is 11.6 Å². The normalized spacial score (nSPS) is 15.1. The fourth-order valence-corrected chi connectivity index (χ4v) is 2.89. The molecule has 1 aliphatic heterocycles. The van der Waals surface area contributed by atoms with Gasteiger partial charge in [0.25, 0.3) is 5.91 Å². The first-order valence-corrected chi connectivity index (χ1v) is 8.49. The molecule has 0 unspecified atom stereocenters. The monoisotopic (exact) mass is 360 g/mol. The molecule has 0 spiro atoms. The molecular formula is C18H21ClN4O2. The molecule has 6 nitrogen and oxygen atoms in total. The third-order valence-corrected chi connectivity index (χ3v) is 4.48. The highest BCUT2D eigenvalue weighted by molar-refractivity contribution is 6.31. The largest absolute Gasteiger partial charge is 0.495 e. The van der Waals surface area contributed by atoms with Crippen molar-refractivity contribution in [2.45, 2.75) is 0 Å². The Labute approximate surface area is 152 Å². The molecule has 3 rings (SSSR count). The van der Waals surface area contributed by atoms with Crippen LogP contribution in [-0.4, -0.2) is 56.1 Å². The molecule has 25 heavy (non-hydrogen) atoms. The number of benzene rings is 1. The molecule has 1 aliphatic rings. The van der Waals surface area contributed by atoms with Gasteiger partial charge in [0.2, 0.25) is 0 Å². The number of anilines is 2. The molecule has 1 aromatic heterocycles. The van der Waals surface area contributed by atoms with E-state index in [0.717, 1.165) is 32.0 Å². The highest BCUT2D eigenvalue weighted by atomic mass is 35.5. The van der Waals surface area contributed by atoms with Crippen LogP contribution in [0.4, 0.5) is 11.5 Å². The van der Waals surface area contributed by atoms with Crippen LogP contribution < -0.4 is 15.0 Å². The highest BCUT2D eigenvalue weighted by Crippen LogP contribution is 2.28. The van der Waals surface area contributed by atoms with Crippen LogP contribution in [0, 0.1) is 0 Å². The molecular weight excluding hydrogens is 340 g/mol. The van der Waals surface area contributed by atoms with Crippen LogP contribution in [0.5, 0.6) is 5.75 Å². The number of piperazine rings is 1. The minimum atomic E-state index is -0.252. The van der Waals surface area contributed by atoms with Crippen molar-refractivity contribution in [2.75, 3.05) is 50.6 Å². The van der Waals surface area contributed by atoms with Crippen LogP contribution in [0.3, 0.4) is 0 Å². The Balaban J connectivity index is 1.70. The van der Waals surface area contributed by atoms with Crippen molar-refractivity contribution in [3.8, 4) is 5.75 Å². The number of ether oxygens (including phenoxy) is 1. The van der Waals surface area contributed by atoms with Crippen LogP contribution in [0.1, 0.15) is 10.4 Å². The molecule has 2 heterocycles. The number of likely N-dealkylation sites (N-methyl/N-ethyl adjacent to an activating group) is 1. The third-order valence-electron chi connectivity index (χ3n) is 4.25. The van der Waals surface area contributed by atoms with Crippen molar-refractivity contribution < 1.29 is 9.53 Å². The number of aromatic nitrogens is 1. The van der Waals surface area contributed by atoms with Gasteiger partial charge < -0.3 is 19.9 Å². The summed E-state index contributed by atoms with van der Waals surface area (Å²) in [5.74, 6) is 1.20. The number of carbonyl (C=O) groups is 1. The molecule has 7 heteroatoms. The van der Waals surface area contributed by atoms with Gasteiger partial charge in [-0.05, 0) is 37.4 Å². The maximum atomic E-state index is 12.5. The van der Waals surface area contributed by atoms with Gasteiger partial charge >= 0.3 is 0 Å². The van der Waals surface area contributed by atoms with E-state index in [1.54, 1.807) is 37.6 Å². The molecule has 1 N–H and O–H groups in total. The quantitative estimate of drug-likeness (QED) is 0.908. The second-order valence-electron chi connectivity index (χ2n) is 5.99. The average molecular weight is 361 g/mol. The summed E-state index contributed by atoms with van der Waals surface area (Å²) < 4.78 is 5.24. The molecule has 0 saturated carbocycles. The SMILES string of the molecule is COc1ccc(Cl)cc1NC(=O)c1ccc(N2CCN(C)CC2)nc1. The average Bonchev–Trinajstić information content (AvgIpc) is 2.63. The Hall–Kier alpha value is -2.31. The van der Waals surface area contributed by atoms with Gasteiger partial charge in [0.15, 0.2) is 0 Å². The number of rotatable bonds is 4. The lowest BCUT2D eigenvalue weighted by molar-refractivity contribution is 0.102. The van der Waals surface area contributed by atoms with Crippen molar-refractivity contribution in [1.29, 1.82) is 0 Å². The van der Waals surface area contributed by atoms with Gasteiger partial charge in [-0.3, -0.25) is 4.79 Å². The summed E-state index contributed by atoms with van der Waals surface area (Å²) in [6.45, 7) is 3.90. The summed E-state index contributed by atoms with van der Waals surface area (Å²) in [5, 5.41) is 3.34. The molecule has 0 radical (unpaired) electrons. The summed E-state index contributed by atoms with van der Waals surface area (Å²) >= 11 is 5.99. The summed E-state index contributed by atoms with van der Waals surface area (Å²) in [4.78, 5) is 21.4. The summed E-state index contributed by atoms with van der Waals surface area (Å²) in [7, 11) is 3.66. The number of pyridine rings is 1. The fraction of sp³-hybridized carbons (Fsp3) is 0.333. The number of hydrogen-bond acceptors (Lipinski definition) is 5. The van der Waals surface area contributed by atoms with E-state index in [2.05, 4.69) is 27.1 Å². The Morgan fingerprint density at radius 3 is 2.60 bits per heavy atom. The van der Waals surface area contributed by atoms with Gasteiger partial charge in [-0.15, -0.1) is 0 Å². The van der Waals surface area contributed by atoms with Crippen LogP contribution in [0.2, 0.25) is 5.02 Å². The number of carbonyl (C=O) groups excluding carboxylic acids is 1. The second-order valence-corrected chi connectivity index (χ2v) is 6.43. The van der Waals surface area contributed by atoms with Gasteiger partial charge in [-0.2, -0.15) is 0 Å². The van der Waals surface area contributed by atoms with Crippen LogP contribution in [0.25, 0.3) is 0 Å². The summed E-state index contributed by atoms with van der Waals surface area (Å²) in [5.41, 5.74) is 1.02. The Bertz CT molecular complexity index is 743. The molecule has 1 amide bonds. The topological polar surface area (TPSA) is 57.7 Å². The van der Waals surface area contributed by atoms with E-state index in [0.29, 0.717) is 22.0 Å². The first-order chi connectivity index (χ1) is 12.1. The molecule has 1 aromatic carbocycles. The molecule has 0 bridgehead atoms. The standard InChI is InChI=1S/C18H21ClN4O2/c1-22-7-9-23(10-8-22)17-6-3-13(12-20-17)18(24)21-15-11-14(19)4-5-16(15)25-2/h3-6,11-12H,7-10H2,1-2H3,(H,21,24). The third kappa shape index (κ3) is 4.21. The fourth-order valence-electron chi connectivity index (χ4n) is 2.72. The van der Waals surface area contributed by atoms with Crippen molar-refractivity contribution in [2.24, 2.45) is 0 Å². The zero-order valence-electron chi connectivity index (χ0n) is 14.3. The second kappa shape index (κ2) is 7.72. The molecule has 2 aromatic rings. The molecule has 1 fully saturated rings. The number of halogens is 1. The molecule has 1 saturated heterocycles. The lowest BCUT2D eigenvalue weighted by Gasteiger charge is -2.33. The number of hydrogen-bond donors (Lipinski definition) is 1. The predicted octanol–water partition coefficient (Wildman–Crippen LogP) is 2.75. The number of nitrogens with zero attached hydrogens (tertiary/aromatic N) is 3. The van der Waals surface area contributed by atoms with Crippen LogP contribution >= 0.6 is 11.6 Å². The first kappa shape index (κ1) is 17.5. The molecule has 0 aliphatic carbocycles. The van der Waals surface area contributed by atoms with E-state index in [1.807, 2.05) is 6.07 Å². The van der Waals surface area contributed by atoms with Crippen LogP contribution in [-0.2, 0) is 0 Å². The molecule has 132 valence electrons. The summed E-state index contributed by atoms with van der Waals surface area (Å²) in [6, 6.07) is 8.75. The van der Waals surface area contributed by atoms with Crippen molar-refractivity contribution in [3.05, 3.63) is 47.1 Å². The van der Waals surface area contributed by atoms with E-state index in [-0.39, 0.29) is 5.91 Å². The van der Waals surface area contributed by atoms with Crippen molar-refractivity contribution in [1.82, 2.24) is 9.88 Å². The lowest BCUT2D eigenvalue weighted by Crippen LogP contribution is -2.44. The van der Waals surface area contributed by atoms with Gasteiger partial charge in [0.1, 0.15) is 11.6 Å². The number of nitrogens with one attached hydrogen (secondary N) is 1. The Morgan fingerprint density at radius 1 is 1.20 bits per heavy atom. The van der Waals surface area contributed by atoms with E-state index < -0.39 is 0 Å². The van der Waals surface area contributed by atoms with E-state index in [9.17, 15) is 4.79 Å². The number of amides is 1. The van der Waals surface area contributed by atoms with Crippen molar-refractivity contribution in [3.63, 3.8) is 0 Å². The minimum absolute atomic E-state index is 0.252. The van der Waals surface area contributed by atoms with E-state index in [4.69, 9.17) is 16.3 Å². The van der Waals surface area contributed by atoms with E-state index >= 15 is 0 Å². The zero-order valence-corrected chi connectivity index (χ0v) is 15.1. The van der Waals surface area contributed by atoms with Gasteiger partial charge in [0, 0.05) is 37.4 Å². The van der Waals surface area contributed by atoms with Crippen LogP contribution in [0.15, 0.2) is 36.5 Å². The summed E-state index contributed by atoms with van der Waals surface area (Å²) in [6.07, 6.45) is 1.60. The Morgan fingerprint density at radius 2 is 1.96 bits per heavy atom. The van der Waals surface area contributed by atoms with Crippen molar-refractivity contribution >= 4 is 29.0 Å². The highest BCUT2D eigenvalue weighted by Gasteiger charge is 2.16. The van der Waals surface area contributed by atoms with Gasteiger partial charge in [-0.25, -0.2) is 4.98 Å². The molecule has 0 atom stereocenters. The lowest BCUT2D eigenvalue weighted by atomic mass is 10.2. The minimum Gasteiger partial charge on any atom is -0.495 e. The zero-order chi connectivity index (χ0) is 17.8. The Kier molecular flexibility index (Phi) is 5.40. The van der Waals surface area contributed by atoms with E-state index in [1.165, 1.54) is 0 Å². The maximum absolute atomic E-state index is 12.5. The van der Waals surface area contributed by atoms with Gasteiger partial charge in [0.05, 0.1) is 18.4 Å². The first-order valence-electron chi connectivity index (χ1n) is 8.11. The smallest absolute Gasteiger partial charge is 0.257 e.